The monoisotopic (exact) mass is 338 g/mol. The maximum Gasteiger partial charge on any atom is 0.270 e. The summed E-state index contributed by atoms with van der Waals surface area (Å²) >= 11 is 3.48. The molecule has 0 radical (unpaired) electrons. The lowest BCUT2D eigenvalue weighted by atomic mass is 10.1. The first-order valence-electron chi connectivity index (χ1n) is 6.60. The molecule has 0 saturated carbocycles. The molecule has 20 heavy (non-hydrogen) atoms. The number of hydrogen-bond donors (Lipinski definition) is 2. The molecule has 0 saturated heterocycles. The highest BCUT2D eigenvalue weighted by molar-refractivity contribution is 9.10. The number of H-pyrrole nitrogens is 1. The first-order valence-corrected chi connectivity index (χ1v) is 7.40. The molecule has 1 aromatic heterocycles. The summed E-state index contributed by atoms with van der Waals surface area (Å²) in [6.07, 6.45) is 0. The molecule has 0 fully saturated rings. The van der Waals surface area contributed by atoms with E-state index >= 15 is 0 Å². The normalized spacial score (nSPS) is 11.8. The lowest BCUT2D eigenvalue weighted by Gasteiger charge is -2.27. The molecule has 2 N–H and O–H groups in total. The number of hydrogen-bond acceptors (Lipinski definition) is 2. The molecule has 0 aliphatic rings. The predicted octanol–water partition coefficient (Wildman–Crippen LogP) is 3.16. The summed E-state index contributed by atoms with van der Waals surface area (Å²) in [6, 6.07) is 7.64. The third-order valence-electron chi connectivity index (χ3n) is 3.09. The number of aromatic amines is 1. The highest BCUT2D eigenvalue weighted by Crippen LogP contribution is 2.25. The van der Waals surface area contributed by atoms with Gasteiger partial charge in [0.2, 0.25) is 0 Å². The topological polar surface area (TPSA) is 56.3 Å². The largest absolute Gasteiger partial charge is 0.389 e. The summed E-state index contributed by atoms with van der Waals surface area (Å²) in [4.78, 5) is 17.3. The quantitative estimate of drug-likeness (QED) is 0.899. The Balaban J connectivity index is 2.32. The zero-order valence-corrected chi connectivity index (χ0v) is 13.5. The van der Waals surface area contributed by atoms with E-state index in [4.69, 9.17) is 0 Å². The van der Waals surface area contributed by atoms with Gasteiger partial charge in [-0.3, -0.25) is 4.79 Å². The highest BCUT2D eigenvalue weighted by atomic mass is 79.9. The van der Waals surface area contributed by atoms with Gasteiger partial charge in [0, 0.05) is 28.5 Å². The van der Waals surface area contributed by atoms with Crippen molar-refractivity contribution in [3.8, 4) is 0 Å². The summed E-state index contributed by atoms with van der Waals surface area (Å²) in [5, 5.41) is 10.9. The molecule has 1 amide bonds. The van der Waals surface area contributed by atoms with Crippen LogP contribution in [0.25, 0.3) is 10.9 Å². The molecule has 0 aliphatic heterocycles. The molecule has 4 nitrogen and oxygen atoms in total. The van der Waals surface area contributed by atoms with Crippen LogP contribution in [0, 0.1) is 0 Å². The van der Waals surface area contributed by atoms with Gasteiger partial charge in [0.1, 0.15) is 5.69 Å². The molecule has 1 heterocycles. The minimum atomic E-state index is -0.904. The Morgan fingerprint density at radius 1 is 1.45 bits per heavy atom. The molecule has 5 heteroatoms. The number of carbonyl (C=O) groups excluding carboxylic acids is 1. The fraction of sp³-hybridized carbons (Fsp3) is 0.400. The lowest BCUT2D eigenvalue weighted by molar-refractivity contribution is 0.0312. The van der Waals surface area contributed by atoms with E-state index in [1.165, 1.54) is 0 Å². The zero-order valence-electron chi connectivity index (χ0n) is 11.9. The third-order valence-corrected chi connectivity index (χ3v) is 3.78. The zero-order chi connectivity index (χ0) is 14.9. The number of carbonyl (C=O) groups is 1. The average Bonchev–Trinajstić information content (AvgIpc) is 2.79. The highest BCUT2D eigenvalue weighted by Gasteiger charge is 2.23. The molecule has 108 valence electrons. The molecule has 0 spiro atoms. The van der Waals surface area contributed by atoms with E-state index in [1.54, 1.807) is 18.7 Å². The fourth-order valence-electron chi connectivity index (χ4n) is 2.20. The maximum atomic E-state index is 12.5. The molecular weight excluding hydrogens is 320 g/mol. The minimum absolute atomic E-state index is 0.0993. The van der Waals surface area contributed by atoms with Crippen molar-refractivity contribution in [2.45, 2.75) is 26.4 Å². The Labute approximate surface area is 126 Å². The van der Waals surface area contributed by atoms with Crippen LogP contribution in [-0.4, -0.2) is 39.6 Å². The number of aromatic nitrogens is 1. The molecule has 2 rings (SSSR count). The van der Waals surface area contributed by atoms with E-state index in [1.807, 2.05) is 31.2 Å². The molecule has 0 unspecified atom stereocenters. The van der Waals surface area contributed by atoms with Gasteiger partial charge in [-0.15, -0.1) is 0 Å². The van der Waals surface area contributed by atoms with Crippen molar-refractivity contribution >= 4 is 32.7 Å². The SMILES string of the molecule is CCN(CC(C)(C)O)C(=O)c1cc2c(Br)cccc2[nH]1. The standard InChI is InChI=1S/C15H19BrN2O2/c1-4-18(9-15(2,3)20)14(19)13-8-10-11(16)6-5-7-12(10)17-13/h5-8,17,20H,4,9H2,1-3H3. The number of fused-ring (bicyclic) bond motifs is 1. The van der Waals surface area contributed by atoms with Crippen LogP contribution in [0.1, 0.15) is 31.3 Å². The lowest BCUT2D eigenvalue weighted by Crippen LogP contribution is -2.42. The first kappa shape index (κ1) is 15.1. The van der Waals surface area contributed by atoms with Crippen molar-refractivity contribution < 1.29 is 9.90 Å². The summed E-state index contributed by atoms with van der Waals surface area (Å²) in [5.74, 6) is -0.0993. The van der Waals surface area contributed by atoms with Crippen molar-refractivity contribution in [3.63, 3.8) is 0 Å². The molecule has 2 aromatic rings. The number of nitrogens with one attached hydrogen (secondary N) is 1. The van der Waals surface area contributed by atoms with Gasteiger partial charge in [0.25, 0.3) is 5.91 Å². The van der Waals surface area contributed by atoms with Crippen LogP contribution in [0.4, 0.5) is 0 Å². The van der Waals surface area contributed by atoms with Gasteiger partial charge < -0.3 is 15.0 Å². The van der Waals surface area contributed by atoms with Crippen molar-refractivity contribution in [1.29, 1.82) is 0 Å². The van der Waals surface area contributed by atoms with Gasteiger partial charge >= 0.3 is 0 Å². The van der Waals surface area contributed by atoms with Crippen molar-refractivity contribution in [2.24, 2.45) is 0 Å². The van der Waals surface area contributed by atoms with E-state index in [2.05, 4.69) is 20.9 Å². The average molecular weight is 339 g/mol. The maximum absolute atomic E-state index is 12.5. The number of benzene rings is 1. The van der Waals surface area contributed by atoms with E-state index in [9.17, 15) is 9.90 Å². The van der Waals surface area contributed by atoms with Crippen LogP contribution in [0.2, 0.25) is 0 Å². The van der Waals surface area contributed by atoms with Crippen LogP contribution < -0.4 is 0 Å². The predicted molar refractivity (Wildman–Crippen MR) is 83.9 cm³/mol. The number of aliphatic hydroxyl groups is 1. The van der Waals surface area contributed by atoms with Crippen molar-refractivity contribution in [2.75, 3.05) is 13.1 Å². The Hall–Kier alpha value is -1.33. The number of likely N-dealkylation sites (N-methyl/N-ethyl adjacent to an activating group) is 1. The smallest absolute Gasteiger partial charge is 0.270 e. The summed E-state index contributed by atoms with van der Waals surface area (Å²) in [7, 11) is 0. The second-order valence-electron chi connectivity index (χ2n) is 5.52. The number of halogens is 1. The fourth-order valence-corrected chi connectivity index (χ4v) is 2.68. The molecule has 0 bridgehead atoms. The first-order chi connectivity index (χ1) is 9.31. The number of nitrogens with zero attached hydrogens (tertiary/aromatic N) is 1. The summed E-state index contributed by atoms with van der Waals surface area (Å²) in [6.45, 7) is 6.16. The molecule has 0 atom stereocenters. The van der Waals surface area contributed by atoms with Crippen LogP contribution >= 0.6 is 15.9 Å². The van der Waals surface area contributed by atoms with Gasteiger partial charge in [0.15, 0.2) is 0 Å². The second kappa shape index (κ2) is 5.58. The van der Waals surface area contributed by atoms with Crippen molar-refractivity contribution in [1.82, 2.24) is 9.88 Å². The van der Waals surface area contributed by atoms with E-state index < -0.39 is 5.60 Å². The number of rotatable bonds is 4. The van der Waals surface area contributed by atoms with Crippen molar-refractivity contribution in [3.05, 3.63) is 34.4 Å². The summed E-state index contributed by atoms with van der Waals surface area (Å²) < 4.78 is 0.954. The molecular formula is C15H19BrN2O2. The van der Waals surface area contributed by atoms with Crippen LogP contribution in [0.3, 0.4) is 0 Å². The van der Waals surface area contributed by atoms with Crippen LogP contribution in [0.15, 0.2) is 28.7 Å². The van der Waals surface area contributed by atoms with E-state index in [0.717, 1.165) is 15.4 Å². The van der Waals surface area contributed by atoms with Gasteiger partial charge in [-0.1, -0.05) is 22.0 Å². The van der Waals surface area contributed by atoms with E-state index in [-0.39, 0.29) is 5.91 Å². The van der Waals surface area contributed by atoms with Gasteiger partial charge in [0.05, 0.1) is 5.60 Å². The second-order valence-corrected chi connectivity index (χ2v) is 6.37. The Morgan fingerprint density at radius 3 is 2.70 bits per heavy atom. The minimum Gasteiger partial charge on any atom is -0.389 e. The Morgan fingerprint density at radius 2 is 2.15 bits per heavy atom. The van der Waals surface area contributed by atoms with Gasteiger partial charge in [-0.2, -0.15) is 0 Å². The van der Waals surface area contributed by atoms with Crippen LogP contribution in [0.5, 0.6) is 0 Å². The Bertz CT molecular complexity index is 628. The summed E-state index contributed by atoms with van der Waals surface area (Å²) in [5.41, 5.74) is 0.554. The molecule has 0 aliphatic carbocycles. The van der Waals surface area contributed by atoms with Crippen LogP contribution in [-0.2, 0) is 0 Å². The van der Waals surface area contributed by atoms with Gasteiger partial charge in [-0.25, -0.2) is 0 Å². The number of amides is 1. The third kappa shape index (κ3) is 3.22. The Kier molecular flexibility index (Phi) is 4.20. The van der Waals surface area contributed by atoms with Gasteiger partial charge in [-0.05, 0) is 39.0 Å². The van der Waals surface area contributed by atoms with E-state index in [0.29, 0.717) is 18.8 Å². The molecule has 1 aromatic carbocycles.